The second kappa shape index (κ2) is 15.2. The van der Waals surface area contributed by atoms with Crippen LogP contribution in [0, 0.1) is 0 Å². The van der Waals surface area contributed by atoms with Crippen molar-refractivity contribution in [1.82, 2.24) is 0 Å². The third-order valence-electron chi connectivity index (χ3n) is 12.3. The molecular weight excluding hydrogens is 721 g/mol. The van der Waals surface area contributed by atoms with Crippen LogP contribution in [0.15, 0.2) is 228 Å². The molecule has 4 atom stereocenters. The topological polar surface area (TPSA) is 18.5 Å². The summed E-state index contributed by atoms with van der Waals surface area (Å²) in [5.41, 5.74) is 12.3. The third-order valence-corrected chi connectivity index (χ3v) is 15.7. The molecule has 4 unspecified atom stereocenters. The summed E-state index contributed by atoms with van der Waals surface area (Å²) >= 11 is 0. The van der Waals surface area contributed by atoms with Gasteiger partial charge in [-0.05, 0) is 106 Å². The average Bonchev–Trinajstić information content (AvgIpc) is 3.56. The Kier molecular flexibility index (Phi) is 9.39. The van der Waals surface area contributed by atoms with Crippen molar-refractivity contribution in [2.24, 2.45) is 0 Å². The summed E-state index contributed by atoms with van der Waals surface area (Å²) in [4.78, 5) is 0. The summed E-state index contributed by atoms with van der Waals surface area (Å²) in [6, 6.07) is 46.6. The lowest BCUT2D eigenvalue weighted by Gasteiger charge is -2.30. The zero-order valence-electron chi connectivity index (χ0n) is 33.1. The van der Waals surface area contributed by atoms with E-state index in [1.54, 1.807) is 0 Å². The van der Waals surface area contributed by atoms with Gasteiger partial charge in [0.15, 0.2) is 0 Å². The van der Waals surface area contributed by atoms with Crippen molar-refractivity contribution in [3.05, 3.63) is 239 Å². The molecule has 0 bridgehead atoms. The molecule has 0 aromatic heterocycles. The van der Waals surface area contributed by atoms with Crippen LogP contribution in [0.25, 0.3) is 21.5 Å². The molecular formula is C55H45O2Si. The number of ether oxygens (including phenoxy) is 2. The first-order valence-electron chi connectivity index (χ1n) is 20.4. The van der Waals surface area contributed by atoms with Gasteiger partial charge >= 0.3 is 0 Å². The lowest BCUT2D eigenvalue weighted by molar-refractivity contribution is 0.488. The van der Waals surface area contributed by atoms with Crippen LogP contribution in [0.3, 0.4) is 0 Å². The van der Waals surface area contributed by atoms with E-state index in [1.807, 2.05) is 60.7 Å². The Morgan fingerprint density at radius 3 is 1.34 bits per heavy atom. The highest BCUT2D eigenvalue weighted by Gasteiger charge is 2.41. The predicted octanol–water partition coefficient (Wildman–Crippen LogP) is 15.1. The Labute approximate surface area is 343 Å². The zero-order chi connectivity index (χ0) is 39.2. The molecule has 2 nitrogen and oxygen atoms in total. The molecule has 0 N–H and O–H groups in total. The van der Waals surface area contributed by atoms with Crippen LogP contribution in [-0.4, -0.2) is 8.80 Å². The van der Waals surface area contributed by atoms with Crippen LogP contribution in [0.2, 0.25) is 17.6 Å². The number of benzene rings is 6. The Bertz CT molecular complexity index is 2640. The van der Waals surface area contributed by atoms with Gasteiger partial charge in [-0.2, -0.15) is 0 Å². The van der Waals surface area contributed by atoms with Crippen molar-refractivity contribution in [2.75, 3.05) is 0 Å². The molecule has 281 valence electrons. The predicted molar refractivity (Wildman–Crippen MR) is 244 cm³/mol. The first kappa shape index (κ1) is 36.0. The van der Waals surface area contributed by atoms with Gasteiger partial charge in [-0.3, -0.25) is 0 Å². The largest absolute Gasteiger partial charge is 0.457 e. The maximum absolute atomic E-state index is 6.33. The maximum atomic E-state index is 6.33. The van der Waals surface area contributed by atoms with E-state index in [1.165, 1.54) is 55.3 Å². The smallest absolute Gasteiger partial charge is 0.135 e. The number of rotatable bonds is 8. The molecule has 1 radical (unpaired) electrons. The second-order valence-corrected chi connectivity index (χ2v) is 18.6. The summed E-state index contributed by atoms with van der Waals surface area (Å²) in [6.07, 6.45) is 23.6. The van der Waals surface area contributed by atoms with Gasteiger partial charge in [0.25, 0.3) is 0 Å². The molecule has 0 saturated heterocycles. The van der Waals surface area contributed by atoms with Gasteiger partial charge in [0.05, 0.1) is 8.80 Å². The van der Waals surface area contributed by atoms with Crippen LogP contribution in [-0.2, 0) is 0 Å². The molecule has 6 aromatic carbocycles. The van der Waals surface area contributed by atoms with Gasteiger partial charge < -0.3 is 9.47 Å². The van der Waals surface area contributed by atoms with Crippen LogP contribution < -0.4 is 9.47 Å². The number of fused-ring (bicyclic) bond motifs is 2. The number of hydrogen-bond acceptors (Lipinski definition) is 2. The fourth-order valence-corrected chi connectivity index (χ4v) is 13.2. The Balaban J connectivity index is 0.956. The van der Waals surface area contributed by atoms with E-state index in [9.17, 15) is 0 Å². The lowest BCUT2D eigenvalue weighted by atomic mass is 9.88. The molecule has 3 heteroatoms. The molecule has 0 heterocycles. The van der Waals surface area contributed by atoms with Crippen molar-refractivity contribution in [3.8, 4) is 23.0 Å². The fourth-order valence-electron chi connectivity index (χ4n) is 9.75. The van der Waals surface area contributed by atoms with E-state index in [0.717, 1.165) is 33.8 Å². The molecule has 0 fully saturated rings. The molecule has 10 rings (SSSR count). The SMILES string of the molecule is CC1=CC2=C(C=CC=CC2c2ccc3c(Oc4ccccc4)cccc3c2)C1[Si](C)C1C(C)=CC2=C1C=CC=CC2c1ccc2c(Oc3ccccc3)cccc2c1. The molecule has 0 saturated carbocycles. The van der Waals surface area contributed by atoms with Gasteiger partial charge in [0.2, 0.25) is 0 Å². The van der Waals surface area contributed by atoms with Crippen molar-refractivity contribution < 1.29 is 9.47 Å². The third kappa shape index (κ3) is 6.56. The molecule has 0 spiro atoms. The average molecular weight is 766 g/mol. The minimum absolute atomic E-state index is 0.177. The molecule has 58 heavy (non-hydrogen) atoms. The van der Waals surface area contributed by atoms with Gasteiger partial charge in [-0.25, -0.2) is 0 Å². The van der Waals surface area contributed by atoms with Gasteiger partial charge in [0.1, 0.15) is 23.0 Å². The van der Waals surface area contributed by atoms with Crippen LogP contribution in [0.1, 0.15) is 36.8 Å². The van der Waals surface area contributed by atoms with Gasteiger partial charge in [-0.15, -0.1) is 0 Å². The highest BCUT2D eigenvalue weighted by Crippen LogP contribution is 2.54. The van der Waals surface area contributed by atoms with Crippen LogP contribution in [0.4, 0.5) is 0 Å². The van der Waals surface area contributed by atoms with E-state index in [4.69, 9.17) is 9.47 Å². The van der Waals surface area contributed by atoms with Crippen LogP contribution >= 0.6 is 0 Å². The maximum Gasteiger partial charge on any atom is 0.135 e. The van der Waals surface area contributed by atoms with Crippen molar-refractivity contribution >= 4 is 30.3 Å². The van der Waals surface area contributed by atoms with Crippen LogP contribution in [0.5, 0.6) is 23.0 Å². The Hall–Kier alpha value is -6.42. The highest BCUT2D eigenvalue weighted by molar-refractivity contribution is 6.64. The zero-order valence-corrected chi connectivity index (χ0v) is 34.1. The van der Waals surface area contributed by atoms with E-state index >= 15 is 0 Å². The summed E-state index contributed by atoms with van der Waals surface area (Å²) < 4.78 is 12.7. The molecule has 4 aliphatic rings. The summed E-state index contributed by atoms with van der Waals surface area (Å²) in [6.45, 7) is 7.33. The minimum atomic E-state index is -1.00. The lowest BCUT2D eigenvalue weighted by Crippen LogP contribution is -2.25. The van der Waals surface area contributed by atoms with Gasteiger partial charge in [-0.1, -0.05) is 176 Å². The molecule has 0 aliphatic heterocycles. The number of para-hydroxylation sites is 2. The van der Waals surface area contributed by atoms with E-state index < -0.39 is 8.80 Å². The Morgan fingerprint density at radius 2 is 0.897 bits per heavy atom. The summed E-state index contributed by atoms with van der Waals surface area (Å²) in [5, 5.41) is 4.63. The molecule has 0 amide bonds. The Morgan fingerprint density at radius 1 is 0.448 bits per heavy atom. The summed E-state index contributed by atoms with van der Waals surface area (Å²) in [5.74, 6) is 3.81. The van der Waals surface area contributed by atoms with E-state index in [0.29, 0.717) is 11.1 Å². The van der Waals surface area contributed by atoms with Crippen molar-refractivity contribution in [3.63, 3.8) is 0 Å². The standard InChI is InChI=1S/C55H45O2Si/c1-36-32-50-44(40-28-30-46-38(34-40)16-14-26-52(46)56-42-18-6-4-7-19-42)22-10-12-24-48(50)54(36)58(3)55-37(2)33-51-45(23-11-13-25-49(51)55)41-29-31-47-39(35-41)17-15-27-53(47)57-43-20-8-5-9-21-43/h4-35,44-45,54-55H,1-3H3. The van der Waals surface area contributed by atoms with Crippen molar-refractivity contribution in [1.29, 1.82) is 0 Å². The molecule has 4 aliphatic carbocycles. The number of allylic oxidation sites excluding steroid dienone is 16. The second-order valence-electron chi connectivity index (χ2n) is 16.0. The highest BCUT2D eigenvalue weighted by atomic mass is 28.3. The first-order valence-corrected chi connectivity index (χ1v) is 22.5. The quantitative estimate of drug-likeness (QED) is 0.144. The molecule has 6 aromatic rings. The first-order chi connectivity index (χ1) is 28.5. The minimum Gasteiger partial charge on any atom is -0.457 e. The van der Waals surface area contributed by atoms with E-state index in [2.05, 4.69) is 154 Å². The van der Waals surface area contributed by atoms with Crippen molar-refractivity contribution in [2.45, 2.75) is 43.3 Å². The van der Waals surface area contributed by atoms with E-state index in [-0.39, 0.29) is 11.8 Å². The van der Waals surface area contributed by atoms with Gasteiger partial charge in [0, 0.05) is 22.6 Å². The fraction of sp³-hybridized carbons (Fsp3) is 0.127. The monoisotopic (exact) mass is 765 g/mol. The normalized spacial score (nSPS) is 21.0. The number of hydrogen-bond donors (Lipinski definition) is 0. The summed E-state index contributed by atoms with van der Waals surface area (Å²) in [7, 11) is -1.00.